The summed E-state index contributed by atoms with van der Waals surface area (Å²) in [6.07, 6.45) is 36.7. The van der Waals surface area contributed by atoms with Crippen molar-refractivity contribution in [2.45, 2.75) is 214 Å². The Labute approximate surface area is 313 Å². The van der Waals surface area contributed by atoms with Gasteiger partial charge in [0.25, 0.3) is 0 Å². The number of nitrogens with one attached hydrogen (secondary N) is 1. The van der Waals surface area contributed by atoms with Gasteiger partial charge < -0.3 is 26.9 Å². The molecule has 0 aliphatic heterocycles. The smallest absolute Gasteiger partial charge is 0.305 e. The lowest BCUT2D eigenvalue weighted by Gasteiger charge is -2.29. The van der Waals surface area contributed by atoms with Crippen molar-refractivity contribution < 1.29 is 31.2 Å². The van der Waals surface area contributed by atoms with Crippen molar-refractivity contribution in [2.75, 3.05) is 40.3 Å². The highest BCUT2D eigenvalue weighted by atomic mass is 35.5. The molecule has 0 atom stereocenters. The van der Waals surface area contributed by atoms with E-state index >= 15 is 0 Å². The van der Waals surface area contributed by atoms with Crippen LogP contribution in [0.1, 0.15) is 214 Å². The second kappa shape index (κ2) is 37.0. The average molecular weight is 716 g/mol. The van der Waals surface area contributed by atoms with Gasteiger partial charge in [0.05, 0.1) is 20.6 Å². The van der Waals surface area contributed by atoms with Crippen LogP contribution in [0, 0.1) is 11.8 Å². The lowest BCUT2D eigenvalue weighted by atomic mass is 10.0. The van der Waals surface area contributed by atoms with Gasteiger partial charge in [0, 0.05) is 25.8 Å². The summed E-state index contributed by atoms with van der Waals surface area (Å²) in [5.74, 6) is 1.86. The highest BCUT2D eigenvalue weighted by molar-refractivity contribution is 5.75. The van der Waals surface area contributed by atoms with E-state index in [9.17, 15) is 9.59 Å². The number of likely N-dealkylation sites (N-methyl/N-ethyl adjacent to an activating group) is 1. The fraction of sp³-hybridized carbons (Fsp3) is 0.953. The van der Waals surface area contributed by atoms with Crippen LogP contribution in [-0.4, -0.2) is 56.7 Å². The molecule has 0 aliphatic rings. The number of halogens is 1. The molecule has 0 aromatic carbocycles. The first-order chi connectivity index (χ1) is 23.1. The van der Waals surface area contributed by atoms with E-state index in [2.05, 4.69) is 47.1 Å². The molecule has 0 radical (unpaired) electrons. The number of hydrogen-bond donors (Lipinski definition) is 1. The van der Waals surface area contributed by atoms with Crippen molar-refractivity contribution in [3.05, 3.63) is 0 Å². The minimum Gasteiger partial charge on any atom is -1.00 e. The molecule has 1 N–H and O–H groups in total. The van der Waals surface area contributed by atoms with Crippen LogP contribution in [0.2, 0.25) is 0 Å². The van der Waals surface area contributed by atoms with E-state index in [1.165, 1.54) is 148 Å². The van der Waals surface area contributed by atoms with Crippen molar-refractivity contribution >= 4 is 11.9 Å². The van der Waals surface area contributed by atoms with Crippen molar-refractivity contribution in [2.24, 2.45) is 11.8 Å². The van der Waals surface area contributed by atoms with Gasteiger partial charge >= 0.3 is 5.97 Å². The lowest BCUT2D eigenvalue weighted by Crippen LogP contribution is -3.00. The van der Waals surface area contributed by atoms with Crippen LogP contribution in [0.3, 0.4) is 0 Å². The average Bonchev–Trinajstić information content (AvgIpc) is 3.03. The minimum absolute atomic E-state index is 0. The molecule has 49 heavy (non-hydrogen) atoms. The molecule has 0 fully saturated rings. The Kier molecular flexibility index (Phi) is 37.9. The van der Waals surface area contributed by atoms with Gasteiger partial charge in [-0.3, -0.25) is 9.59 Å². The monoisotopic (exact) mass is 715 g/mol. The van der Waals surface area contributed by atoms with E-state index in [4.69, 9.17) is 4.74 Å². The number of rotatable bonds is 37. The van der Waals surface area contributed by atoms with Gasteiger partial charge in [-0.1, -0.05) is 182 Å². The van der Waals surface area contributed by atoms with Gasteiger partial charge in [-0.05, 0) is 24.7 Å². The first kappa shape index (κ1) is 50.3. The molecule has 0 bridgehead atoms. The number of carbonyl (C=O) groups excluding carboxylic acids is 2. The zero-order valence-corrected chi connectivity index (χ0v) is 34.8. The molecule has 0 rings (SSSR count). The molecule has 0 heterocycles. The van der Waals surface area contributed by atoms with Crippen LogP contribution in [0.25, 0.3) is 0 Å². The molecule has 0 unspecified atom stereocenters. The third-order valence-corrected chi connectivity index (χ3v) is 10.1. The van der Waals surface area contributed by atoms with E-state index in [0.717, 1.165) is 61.6 Å². The van der Waals surface area contributed by atoms with Gasteiger partial charge in [0.1, 0.15) is 13.2 Å². The van der Waals surface area contributed by atoms with Gasteiger partial charge in [0.2, 0.25) is 5.91 Å². The van der Waals surface area contributed by atoms with Crippen molar-refractivity contribution in [1.29, 1.82) is 0 Å². The van der Waals surface area contributed by atoms with Gasteiger partial charge in [-0.2, -0.15) is 0 Å². The Hall–Kier alpha value is -0.810. The second-order valence-electron chi connectivity index (χ2n) is 16.7. The molecular weight excluding hydrogens is 628 g/mol. The molecule has 1 amide bonds. The van der Waals surface area contributed by atoms with Crippen LogP contribution >= 0.6 is 0 Å². The Bertz CT molecular complexity index is 713. The number of amides is 1. The maximum absolute atomic E-state index is 12.2. The zero-order valence-electron chi connectivity index (χ0n) is 34.0. The molecule has 5 nitrogen and oxygen atoms in total. The normalized spacial score (nSPS) is 11.7. The summed E-state index contributed by atoms with van der Waals surface area (Å²) in [6, 6.07) is 0. The van der Waals surface area contributed by atoms with Crippen LogP contribution in [0.4, 0.5) is 0 Å². The summed E-state index contributed by atoms with van der Waals surface area (Å²) in [5.41, 5.74) is 0. The van der Waals surface area contributed by atoms with Gasteiger partial charge in [-0.25, -0.2) is 0 Å². The number of ether oxygens (including phenoxy) is 1. The molecule has 0 spiro atoms. The summed E-state index contributed by atoms with van der Waals surface area (Å²) in [5, 5.41) is 3.11. The molecule has 6 heteroatoms. The largest absolute Gasteiger partial charge is 1.00 e. The van der Waals surface area contributed by atoms with Crippen molar-refractivity contribution in [3.63, 3.8) is 0 Å². The maximum atomic E-state index is 12.2. The molecular formula is C43H87ClN2O3. The second-order valence-corrected chi connectivity index (χ2v) is 16.7. The number of unbranched alkanes of at least 4 members (excludes halogenated alkanes) is 22. The van der Waals surface area contributed by atoms with E-state index in [0.29, 0.717) is 19.4 Å². The summed E-state index contributed by atoms with van der Waals surface area (Å²) >= 11 is 0. The third kappa shape index (κ3) is 41.5. The topological polar surface area (TPSA) is 55.4 Å². The SMILES string of the molecule is CC(C)CCCCCCCCCCCCCCC(=O)NCCC[N+](C)(C)CCOC(=O)CCCCCCCCCCCCCCC(C)C.[Cl-]. The van der Waals surface area contributed by atoms with Crippen molar-refractivity contribution in [3.8, 4) is 0 Å². The molecule has 0 aliphatic carbocycles. The first-order valence-corrected chi connectivity index (χ1v) is 21.4. The van der Waals surface area contributed by atoms with Crippen LogP contribution < -0.4 is 17.7 Å². The minimum atomic E-state index is -0.0473. The number of hydrogen-bond acceptors (Lipinski definition) is 3. The zero-order chi connectivity index (χ0) is 35.6. The van der Waals surface area contributed by atoms with E-state index in [1.54, 1.807) is 0 Å². The third-order valence-electron chi connectivity index (χ3n) is 10.1. The molecule has 0 saturated carbocycles. The van der Waals surface area contributed by atoms with Crippen LogP contribution in [0.15, 0.2) is 0 Å². The Morgan fingerprint density at radius 3 is 1.22 bits per heavy atom. The Balaban J connectivity index is 0. The van der Waals surface area contributed by atoms with E-state index in [-0.39, 0.29) is 24.3 Å². The molecule has 0 saturated heterocycles. The summed E-state index contributed by atoms with van der Waals surface area (Å²) < 4.78 is 6.34. The fourth-order valence-corrected chi connectivity index (χ4v) is 6.61. The number of carbonyl (C=O) groups is 2. The van der Waals surface area contributed by atoms with Gasteiger partial charge in [-0.15, -0.1) is 0 Å². The quantitative estimate of drug-likeness (QED) is 0.0397. The van der Waals surface area contributed by atoms with E-state index < -0.39 is 0 Å². The summed E-state index contributed by atoms with van der Waals surface area (Å²) in [4.78, 5) is 24.4. The predicted molar refractivity (Wildman–Crippen MR) is 209 cm³/mol. The first-order valence-electron chi connectivity index (χ1n) is 21.4. The highest BCUT2D eigenvalue weighted by Gasteiger charge is 2.16. The van der Waals surface area contributed by atoms with Crippen LogP contribution in [0.5, 0.6) is 0 Å². The Morgan fingerprint density at radius 1 is 0.490 bits per heavy atom. The standard InChI is InChI=1S/C43H86N2O3.ClH/c1-40(2)32-27-23-19-15-11-7-9-13-17-21-25-29-34-42(46)44-36-31-37-45(5,6)38-39-48-43(47)35-30-26-22-18-14-10-8-12-16-20-24-28-33-41(3)4;/h40-41H,7-39H2,1-6H3;1H. The summed E-state index contributed by atoms with van der Waals surface area (Å²) in [7, 11) is 4.36. The maximum Gasteiger partial charge on any atom is 0.305 e. The van der Waals surface area contributed by atoms with E-state index in [1.807, 2.05) is 0 Å². The Morgan fingerprint density at radius 2 is 0.837 bits per heavy atom. The molecule has 0 aromatic heterocycles. The molecule has 294 valence electrons. The highest BCUT2D eigenvalue weighted by Crippen LogP contribution is 2.16. The van der Waals surface area contributed by atoms with Crippen molar-refractivity contribution in [1.82, 2.24) is 5.32 Å². The lowest BCUT2D eigenvalue weighted by molar-refractivity contribution is -0.890. The number of quaternary nitrogens is 1. The van der Waals surface area contributed by atoms with Gasteiger partial charge in [0.15, 0.2) is 0 Å². The number of nitrogens with zero attached hydrogens (tertiary/aromatic N) is 1. The number of esters is 1. The fourth-order valence-electron chi connectivity index (χ4n) is 6.61. The summed E-state index contributed by atoms with van der Waals surface area (Å²) in [6.45, 7) is 12.3. The predicted octanol–water partition coefficient (Wildman–Crippen LogP) is 9.35. The van der Waals surface area contributed by atoms with Crippen LogP contribution in [-0.2, 0) is 14.3 Å². The molecule has 0 aromatic rings.